The van der Waals surface area contributed by atoms with E-state index < -0.39 is 39.8 Å². The number of hydrogen-bond acceptors (Lipinski definition) is 7. The van der Waals surface area contributed by atoms with Gasteiger partial charge in [-0.25, -0.2) is 17.5 Å². The van der Waals surface area contributed by atoms with Gasteiger partial charge in [0, 0.05) is 11.1 Å². The monoisotopic (exact) mass is 445 g/mol. The highest BCUT2D eigenvalue weighted by Gasteiger charge is 2.62. The second-order valence-corrected chi connectivity index (χ2v) is 8.78. The zero-order valence-electron chi connectivity index (χ0n) is 17.5. The van der Waals surface area contributed by atoms with E-state index in [-0.39, 0.29) is 29.2 Å². The lowest BCUT2D eigenvalue weighted by atomic mass is 9.87. The van der Waals surface area contributed by atoms with E-state index in [1.807, 2.05) is 0 Å². The predicted octanol–water partition coefficient (Wildman–Crippen LogP) is 2.55. The number of nitrogens with zero attached hydrogens (tertiary/aromatic N) is 1. The van der Waals surface area contributed by atoms with E-state index in [0.717, 1.165) is 5.56 Å². The van der Waals surface area contributed by atoms with Crippen LogP contribution in [-0.4, -0.2) is 43.8 Å². The first kappa shape index (κ1) is 22.5. The molecule has 3 rings (SSSR count). The Morgan fingerprint density at radius 3 is 2.19 bits per heavy atom. The summed E-state index contributed by atoms with van der Waals surface area (Å²) < 4.78 is 37.9. The summed E-state index contributed by atoms with van der Waals surface area (Å²) in [7, 11) is -4.53. The molecule has 2 aromatic rings. The van der Waals surface area contributed by atoms with Gasteiger partial charge in [-0.1, -0.05) is 35.9 Å². The SMILES string of the molecule is CCOC(=O)CC1(C(=O)OCC)c2ccccc2C(=O)N1S(=O)(=O)c1ccc(C)cc1. The molecule has 2 aromatic carbocycles. The summed E-state index contributed by atoms with van der Waals surface area (Å²) in [6.07, 6.45) is -0.701. The van der Waals surface area contributed by atoms with Crippen LogP contribution in [0, 0.1) is 6.92 Å². The lowest BCUT2D eigenvalue weighted by Crippen LogP contribution is -2.54. The fraction of sp³-hybridized carbons (Fsp3) is 0.318. The predicted molar refractivity (Wildman–Crippen MR) is 111 cm³/mol. The van der Waals surface area contributed by atoms with Crippen molar-refractivity contribution >= 4 is 27.9 Å². The Bertz CT molecular complexity index is 1120. The highest BCUT2D eigenvalue weighted by molar-refractivity contribution is 7.89. The average Bonchev–Trinajstić information content (AvgIpc) is 2.98. The third kappa shape index (κ3) is 3.69. The molecule has 0 bridgehead atoms. The molecule has 0 fully saturated rings. The molecule has 0 saturated carbocycles. The molecule has 8 nitrogen and oxygen atoms in total. The molecule has 1 atom stereocenters. The van der Waals surface area contributed by atoms with Crippen molar-refractivity contribution in [3.05, 3.63) is 65.2 Å². The molecule has 0 N–H and O–H groups in total. The molecule has 0 spiro atoms. The second kappa shape index (κ2) is 8.50. The molecule has 164 valence electrons. The number of carbonyl (C=O) groups excluding carboxylic acids is 3. The summed E-state index contributed by atoms with van der Waals surface area (Å²) in [5.74, 6) is -2.75. The molecule has 31 heavy (non-hydrogen) atoms. The van der Waals surface area contributed by atoms with E-state index in [4.69, 9.17) is 9.47 Å². The van der Waals surface area contributed by atoms with Crippen molar-refractivity contribution in [2.45, 2.75) is 37.6 Å². The van der Waals surface area contributed by atoms with Crippen molar-refractivity contribution in [2.75, 3.05) is 13.2 Å². The van der Waals surface area contributed by atoms with Gasteiger partial charge >= 0.3 is 11.9 Å². The van der Waals surface area contributed by atoms with Gasteiger partial charge in [-0.15, -0.1) is 0 Å². The standard InChI is InChI=1S/C22H23NO7S/c1-4-29-19(24)14-22(21(26)30-5-2)18-9-7-6-8-17(18)20(25)23(22)31(27,28)16-12-10-15(3)11-13-16/h6-13H,4-5,14H2,1-3H3. The Morgan fingerprint density at radius 1 is 0.968 bits per heavy atom. The number of ether oxygens (including phenoxy) is 2. The van der Waals surface area contributed by atoms with Gasteiger partial charge in [-0.2, -0.15) is 0 Å². The number of rotatable bonds is 7. The van der Waals surface area contributed by atoms with Crippen molar-refractivity contribution in [1.82, 2.24) is 4.31 Å². The van der Waals surface area contributed by atoms with E-state index in [0.29, 0.717) is 4.31 Å². The van der Waals surface area contributed by atoms with Crippen molar-refractivity contribution in [2.24, 2.45) is 0 Å². The van der Waals surface area contributed by atoms with Gasteiger partial charge in [-0.05, 0) is 39.0 Å². The van der Waals surface area contributed by atoms with Gasteiger partial charge in [0.2, 0.25) is 0 Å². The number of benzene rings is 2. The first-order valence-electron chi connectivity index (χ1n) is 9.79. The third-order valence-corrected chi connectivity index (χ3v) is 6.84. The van der Waals surface area contributed by atoms with Crippen LogP contribution < -0.4 is 0 Å². The van der Waals surface area contributed by atoms with Crippen LogP contribution in [0.4, 0.5) is 0 Å². The summed E-state index contributed by atoms with van der Waals surface area (Å²) in [5.41, 5.74) is -1.30. The summed E-state index contributed by atoms with van der Waals surface area (Å²) in [6, 6.07) is 11.8. The molecule has 9 heteroatoms. The van der Waals surface area contributed by atoms with E-state index >= 15 is 0 Å². The van der Waals surface area contributed by atoms with Gasteiger partial charge in [0.05, 0.1) is 24.5 Å². The van der Waals surface area contributed by atoms with Crippen LogP contribution in [0.2, 0.25) is 0 Å². The number of hydrogen-bond donors (Lipinski definition) is 0. The number of aryl methyl sites for hydroxylation is 1. The normalized spacial score (nSPS) is 17.9. The van der Waals surface area contributed by atoms with Gasteiger partial charge in [0.25, 0.3) is 15.9 Å². The molecule has 1 aliphatic heterocycles. The Labute approximate surface area is 180 Å². The number of amides is 1. The van der Waals surface area contributed by atoms with Crippen LogP contribution in [0.1, 0.15) is 41.8 Å². The summed E-state index contributed by atoms with van der Waals surface area (Å²) in [4.78, 5) is 38.9. The van der Waals surface area contributed by atoms with E-state index in [9.17, 15) is 22.8 Å². The molecule has 0 aromatic heterocycles. The quantitative estimate of drug-likeness (QED) is 0.603. The Kier molecular flexibility index (Phi) is 6.17. The fourth-order valence-corrected chi connectivity index (χ4v) is 5.31. The maximum atomic E-state index is 13.6. The van der Waals surface area contributed by atoms with Gasteiger partial charge in [-0.3, -0.25) is 9.59 Å². The summed E-state index contributed by atoms with van der Waals surface area (Å²) in [5, 5.41) is 0. The van der Waals surface area contributed by atoms with Crippen LogP contribution in [0.5, 0.6) is 0 Å². The molecular formula is C22H23NO7S. The minimum atomic E-state index is -4.53. The van der Waals surface area contributed by atoms with Gasteiger partial charge in [0.1, 0.15) is 0 Å². The highest BCUT2D eigenvalue weighted by Crippen LogP contribution is 2.46. The highest BCUT2D eigenvalue weighted by atomic mass is 32.2. The van der Waals surface area contributed by atoms with Crippen molar-refractivity contribution in [1.29, 1.82) is 0 Å². The summed E-state index contributed by atoms with van der Waals surface area (Å²) >= 11 is 0. The van der Waals surface area contributed by atoms with E-state index in [2.05, 4.69) is 0 Å². The minimum Gasteiger partial charge on any atom is -0.466 e. The third-order valence-electron chi connectivity index (χ3n) is 5.01. The molecule has 0 saturated heterocycles. The maximum absolute atomic E-state index is 13.6. The topological polar surface area (TPSA) is 107 Å². The Balaban J connectivity index is 2.30. The van der Waals surface area contributed by atoms with Crippen molar-refractivity contribution in [3.8, 4) is 0 Å². The van der Waals surface area contributed by atoms with Gasteiger partial charge < -0.3 is 9.47 Å². The van der Waals surface area contributed by atoms with Crippen LogP contribution in [0.3, 0.4) is 0 Å². The average molecular weight is 445 g/mol. The zero-order valence-corrected chi connectivity index (χ0v) is 18.3. The Morgan fingerprint density at radius 2 is 1.58 bits per heavy atom. The lowest BCUT2D eigenvalue weighted by molar-refractivity contribution is -0.160. The van der Waals surface area contributed by atoms with Gasteiger partial charge in [0.15, 0.2) is 5.54 Å². The number of fused-ring (bicyclic) bond motifs is 1. The molecular weight excluding hydrogens is 422 g/mol. The van der Waals surface area contributed by atoms with Crippen molar-refractivity contribution < 1.29 is 32.3 Å². The second-order valence-electron chi connectivity index (χ2n) is 7.00. The molecule has 1 heterocycles. The van der Waals surface area contributed by atoms with Crippen LogP contribution in [-0.2, 0) is 34.6 Å². The minimum absolute atomic E-state index is 0.00976. The van der Waals surface area contributed by atoms with E-state index in [1.165, 1.54) is 24.3 Å². The molecule has 1 amide bonds. The Hall–Kier alpha value is -3.20. The number of carbonyl (C=O) groups is 3. The maximum Gasteiger partial charge on any atom is 0.338 e. The molecule has 1 unspecified atom stereocenters. The number of esters is 2. The molecule has 0 aliphatic carbocycles. The first-order chi connectivity index (χ1) is 14.7. The zero-order chi connectivity index (χ0) is 22.8. The first-order valence-corrected chi connectivity index (χ1v) is 11.2. The lowest BCUT2D eigenvalue weighted by Gasteiger charge is -2.35. The molecule has 1 aliphatic rings. The van der Waals surface area contributed by atoms with Crippen LogP contribution >= 0.6 is 0 Å². The fourth-order valence-electron chi connectivity index (χ4n) is 3.66. The smallest absolute Gasteiger partial charge is 0.338 e. The van der Waals surface area contributed by atoms with E-state index in [1.54, 1.807) is 45.0 Å². The van der Waals surface area contributed by atoms with Crippen LogP contribution in [0.25, 0.3) is 0 Å². The van der Waals surface area contributed by atoms with Crippen LogP contribution in [0.15, 0.2) is 53.4 Å². The van der Waals surface area contributed by atoms with Crippen molar-refractivity contribution in [3.63, 3.8) is 0 Å². The number of sulfonamides is 1. The molecule has 0 radical (unpaired) electrons. The largest absolute Gasteiger partial charge is 0.466 e. The summed E-state index contributed by atoms with van der Waals surface area (Å²) in [6.45, 7) is 4.88.